The minimum atomic E-state index is -0.798. The van der Waals surface area contributed by atoms with Crippen molar-refractivity contribution in [1.29, 1.82) is 0 Å². The molecule has 0 heterocycles. The van der Waals surface area contributed by atoms with Crippen LogP contribution in [0.4, 0.5) is 0 Å². The maximum Gasteiger partial charge on any atom is 0.379 e. The van der Waals surface area contributed by atoms with Crippen LogP contribution in [0.15, 0.2) is 48.5 Å². The molecule has 132 valence electrons. The fourth-order valence-electron chi connectivity index (χ4n) is 4.43. The molecule has 0 aliphatic heterocycles. The van der Waals surface area contributed by atoms with E-state index in [4.69, 9.17) is 4.74 Å². The smallest absolute Gasteiger partial charge is 0.379 e. The van der Waals surface area contributed by atoms with E-state index in [-0.39, 0.29) is 6.61 Å². The van der Waals surface area contributed by atoms with Crippen molar-refractivity contribution in [1.82, 2.24) is 0 Å². The van der Waals surface area contributed by atoms with Gasteiger partial charge in [-0.15, -0.1) is 0 Å². The van der Waals surface area contributed by atoms with E-state index in [1.807, 2.05) is 18.2 Å². The molecule has 0 N–H and O–H groups in total. The van der Waals surface area contributed by atoms with Crippen molar-refractivity contribution in [2.24, 2.45) is 0 Å². The molecule has 0 aromatic heterocycles. The van der Waals surface area contributed by atoms with E-state index in [1.165, 1.54) is 21.6 Å². The topological polar surface area (TPSA) is 43.4 Å². The number of rotatable bonds is 3. The number of aryl methyl sites for hydroxylation is 1. The van der Waals surface area contributed by atoms with Crippen LogP contribution in [0.5, 0.6) is 0 Å². The molecule has 0 radical (unpaired) electrons. The first-order valence-electron chi connectivity index (χ1n) is 9.31. The van der Waals surface area contributed by atoms with Gasteiger partial charge in [-0.1, -0.05) is 48.5 Å². The normalized spacial score (nSPS) is 13.1. The highest BCUT2D eigenvalue weighted by atomic mass is 16.5. The summed E-state index contributed by atoms with van der Waals surface area (Å²) in [6, 6.07) is 16.2. The Kier molecular flexibility index (Phi) is 3.51. The molecule has 4 aromatic rings. The van der Waals surface area contributed by atoms with E-state index in [9.17, 15) is 9.59 Å². The number of esters is 1. The minimum Gasteiger partial charge on any atom is -0.460 e. The Labute approximate surface area is 156 Å². The predicted molar refractivity (Wildman–Crippen MR) is 108 cm³/mol. The van der Waals surface area contributed by atoms with Gasteiger partial charge in [-0.3, -0.25) is 4.79 Å². The molecule has 0 amide bonds. The van der Waals surface area contributed by atoms with E-state index in [1.54, 1.807) is 13.0 Å². The highest BCUT2D eigenvalue weighted by Crippen LogP contribution is 2.35. The molecule has 3 heteroatoms. The van der Waals surface area contributed by atoms with Crippen molar-refractivity contribution in [2.75, 3.05) is 6.61 Å². The van der Waals surface area contributed by atoms with Crippen LogP contribution in [0.25, 0.3) is 38.4 Å². The first-order valence-corrected chi connectivity index (χ1v) is 9.31. The molecular formula is C24H18O3. The van der Waals surface area contributed by atoms with Crippen LogP contribution in [0.3, 0.4) is 0 Å². The molecule has 0 bridgehead atoms. The van der Waals surface area contributed by atoms with Crippen LogP contribution >= 0.6 is 0 Å². The Morgan fingerprint density at radius 3 is 2.44 bits per heavy atom. The zero-order valence-corrected chi connectivity index (χ0v) is 15.0. The average Bonchev–Trinajstić information content (AvgIpc) is 2.71. The van der Waals surface area contributed by atoms with Crippen LogP contribution < -0.4 is 5.22 Å². The van der Waals surface area contributed by atoms with E-state index in [2.05, 4.69) is 30.3 Å². The third kappa shape index (κ3) is 2.21. The number of ether oxygens (including phenoxy) is 1. The Morgan fingerprint density at radius 2 is 1.63 bits per heavy atom. The molecular weight excluding hydrogens is 336 g/mol. The van der Waals surface area contributed by atoms with Gasteiger partial charge < -0.3 is 4.74 Å². The van der Waals surface area contributed by atoms with Crippen LogP contribution in [-0.2, 0) is 16.0 Å². The standard InChI is InChI=1S/C24H18O3/c1-2-27-24(26)23(25)20-13-12-19-16-9-4-7-14-6-3-8-15(21(14)16)17-10-5-11-18(20)22(17)19/h3,5-6,8-13H,2,4,7H2,1H3. The van der Waals surface area contributed by atoms with E-state index in [0.29, 0.717) is 5.56 Å². The zero-order valence-electron chi connectivity index (χ0n) is 15.0. The Morgan fingerprint density at radius 1 is 0.889 bits per heavy atom. The summed E-state index contributed by atoms with van der Waals surface area (Å²) in [5, 5.41) is 7.88. The molecule has 0 atom stereocenters. The first-order chi connectivity index (χ1) is 13.2. The quantitative estimate of drug-likeness (QED) is 0.181. The average molecular weight is 354 g/mol. The fraction of sp³-hybridized carbons (Fsp3) is 0.167. The zero-order chi connectivity index (χ0) is 18.5. The molecule has 27 heavy (non-hydrogen) atoms. The van der Waals surface area contributed by atoms with Gasteiger partial charge in [0, 0.05) is 5.56 Å². The predicted octanol–water partition coefficient (Wildman–Crippen LogP) is 4.34. The lowest BCUT2D eigenvalue weighted by atomic mass is 9.86. The summed E-state index contributed by atoms with van der Waals surface area (Å²) in [6.07, 6.45) is 4.36. The Balaban J connectivity index is 1.94. The molecule has 0 saturated carbocycles. The van der Waals surface area contributed by atoms with Gasteiger partial charge in [0.1, 0.15) is 0 Å². The maximum atomic E-state index is 12.7. The number of fused-ring (bicyclic) bond motifs is 2. The molecule has 0 saturated heterocycles. The van der Waals surface area contributed by atoms with Crippen molar-refractivity contribution >= 4 is 50.1 Å². The molecule has 1 aliphatic rings. The van der Waals surface area contributed by atoms with Gasteiger partial charge >= 0.3 is 5.97 Å². The van der Waals surface area contributed by atoms with Crippen molar-refractivity contribution in [3.8, 4) is 0 Å². The van der Waals surface area contributed by atoms with Crippen LogP contribution in [0.2, 0.25) is 0 Å². The number of Topliss-reactive ketones (excluding diaryl/α,β-unsaturated/α-hetero) is 1. The first kappa shape index (κ1) is 16.0. The molecule has 3 nitrogen and oxygen atoms in total. The van der Waals surface area contributed by atoms with Gasteiger partial charge in [0.05, 0.1) is 6.61 Å². The number of hydrogen-bond donors (Lipinski definition) is 0. The number of benzene rings is 4. The maximum absolute atomic E-state index is 12.7. The second-order valence-corrected chi connectivity index (χ2v) is 6.93. The van der Waals surface area contributed by atoms with Crippen molar-refractivity contribution in [3.63, 3.8) is 0 Å². The van der Waals surface area contributed by atoms with Crippen LogP contribution in [0, 0.1) is 0 Å². The SMILES string of the molecule is CCOC(=O)C(=O)c1ccc2c3c4c(cccc4c4cccc1c24)CCC=3. The minimum absolute atomic E-state index is 0.189. The van der Waals surface area contributed by atoms with Gasteiger partial charge in [0.15, 0.2) is 0 Å². The highest BCUT2D eigenvalue weighted by molar-refractivity contribution is 6.44. The van der Waals surface area contributed by atoms with E-state index in [0.717, 1.165) is 34.4 Å². The second kappa shape index (κ2) is 5.92. The summed E-state index contributed by atoms with van der Waals surface area (Å²) < 4.78 is 4.93. The molecule has 5 rings (SSSR count). The van der Waals surface area contributed by atoms with Crippen LogP contribution in [-0.4, -0.2) is 18.4 Å². The van der Waals surface area contributed by atoms with Gasteiger partial charge in [-0.2, -0.15) is 0 Å². The summed E-state index contributed by atoms with van der Waals surface area (Å²) in [7, 11) is 0. The number of carbonyl (C=O) groups excluding carboxylic acids is 2. The second-order valence-electron chi connectivity index (χ2n) is 6.93. The number of hydrogen-bond acceptors (Lipinski definition) is 3. The largest absolute Gasteiger partial charge is 0.460 e. The van der Waals surface area contributed by atoms with Crippen molar-refractivity contribution in [3.05, 3.63) is 64.9 Å². The highest BCUT2D eigenvalue weighted by Gasteiger charge is 2.22. The summed E-state index contributed by atoms with van der Waals surface area (Å²) >= 11 is 0. The lowest BCUT2D eigenvalue weighted by Crippen LogP contribution is -2.18. The molecule has 4 aromatic carbocycles. The summed E-state index contributed by atoms with van der Waals surface area (Å²) in [5.74, 6) is -1.38. The monoisotopic (exact) mass is 354 g/mol. The van der Waals surface area contributed by atoms with Crippen molar-refractivity contribution in [2.45, 2.75) is 19.8 Å². The number of carbonyl (C=O) groups is 2. The summed E-state index contributed by atoms with van der Waals surface area (Å²) in [4.78, 5) is 24.7. The summed E-state index contributed by atoms with van der Waals surface area (Å²) in [6.45, 7) is 1.89. The van der Waals surface area contributed by atoms with Gasteiger partial charge in [-0.25, -0.2) is 4.79 Å². The lowest BCUT2D eigenvalue weighted by Gasteiger charge is -2.18. The van der Waals surface area contributed by atoms with Crippen molar-refractivity contribution < 1.29 is 14.3 Å². The third-order valence-electron chi connectivity index (χ3n) is 5.51. The summed E-state index contributed by atoms with van der Waals surface area (Å²) in [5.41, 5.74) is 1.78. The Hall–Kier alpha value is -3.20. The molecule has 0 unspecified atom stereocenters. The number of ketones is 1. The van der Waals surface area contributed by atoms with Gasteiger partial charge in [0.25, 0.3) is 5.78 Å². The van der Waals surface area contributed by atoms with Gasteiger partial charge in [-0.05, 0) is 68.9 Å². The fourth-order valence-corrected chi connectivity index (χ4v) is 4.43. The molecule has 0 fully saturated rings. The van der Waals surface area contributed by atoms with E-state index >= 15 is 0 Å². The van der Waals surface area contributed by atoms with Gasteiger partial charge in [0.2, 0.25) is 0 Å². The lowest BCUT2D eigenvalue weighted by molar-refractivity contribution is -0.137. The Bertz CT molecular complexity index is 1310. The van der Waals surface area contributed by atoms with Crippen LogP contribution in [0.1, 0.15) is 29.3 Å². The molecule has 1 aliphatic carbocycles. The third-order valence-corrected chi connectivity index (χ3v) is 5.51. The molecule has 0 spiro atoms. The van der Waals surface area contributed by atoms with E-state index < -0.39 is 11.8 Å².